The van der Waals surface area contributed by atoms with E-state index >= 15 is 0 Å². The van der Waals surface area contributed by atoms with Crippen molar-refractivity contribution in [1.29, 1.82) is 0 Å². The number of carboxylic acid groups (broad SMARTS) is 1. The first kappa shape index (κ1) is 13.0. The normalized spacial score (nSPS) is 13.5. The summed E-state index contributed by atoms with van der Waals surface area (Å²) in [7, 11) is 1.43. The maximum absolute atomic E-state index is 13.1. The molecule has 0 aromatic heterocycles. The van der Waals surface area contributed by atoms with Gasteiger partial charge in [0.25, 0.3) is 5.66 Å². The summed E-state index contributed by atoms with van der Waals surface area (Å²) >= 11 is 0. The third-order valence-electron chi connectivity index (χ3n) is 2.13. The predicted octanol–water partition coefficient (Wildman–Crippen LogP) is 1.57. The number of carboxylic acids is 1. The van der Waals surface area contributed by atoms with E-state index in [-0.39, 0.29) is 17.5 Å². The van der Waals surface area contributed by atoms with E-state index < -0.39 is 17.7 Å². The zero-order chi connectivity index (χ0) is 12.3. The summed E-state index contributed by atoms with van der Waals surface area (Å²) in [6.07, 6.45) is -0.116. The summed E-state index contributed by atoms with van der Waals surface area (Å²) < 4.78 is 26.3. The summed E-state index contributed by atoms with van der Waals surface area (Å²) in [6.45, 7) is 0. The van der Waals surface area contributed by atoms with Gasteiger partial charge in [0.05, 0.1) is 0 Å². The van der Waals surface area contributed by atoms with Crippen LogP contribution in [0.1, 0.15) is 11.1 Å². The lowest BCUT2D eigenvalue weighted by atomic mass is 10.0. The zero-order valence-corrected chi connectivity index (χ0v) is 9.51. The van der Waals surface area contributed by atoms with E-state index in [9.17, 15) is 13.6 Å². The van der Waals surface area contributed by atoms with Crippen molar-refractivity contribution in [2.24, 2.45) is 5.73 Å². The van der Waals surface area contributed by atoms with Gasteiger partial charge in [0.1, 0.15) is 6.04 Å². The number of alkyl halides is 2. The molecule has 0 saturated carbocycles. The fourth-order valence-electron chi connectivity index (χ4n) is 1.35. The number of hydrogen-bond acceptors (Lipinski definition) is 2. The maximum Gasteiger partial charge on any atom is 0.320 e. The van der Waals surface area contributed by atoms with Crippen LogP contribution in [-0.2, 0) is 16.9 Å². The SMILES string of the molecule is N[C@@H](Cc1ccccc1C(F)(F)P)C(=O)O. The molecule has 3 nitrogen and oxygen atoms in total. The van der Waals surface area contributed by atoms with E-state index in [4.69, 9.17) is 10.8 Å². The molecule has 0 fully saturated rings. The van der Waals surface area contributed by atoms with Gasteiger partial charge in [0.2, 0.25) is 0 Å². The Kier molecular flexibility index (Phi) is 3.94. The molecule has 0 radical (unpaired) electrons. The average molecular weight is 247 g/mol. The van der Waals surface area contributed by atoms with Gasteiger partial charge in [0.15, 0.2) is 0 Å². The van der Waals surface area contributed by atoms with Crippen molar-refractivity contribution >= 4 is 15.2 Å². The number of aliphatic carboxylic acids is 1. The van der Waals surface area contributed by atoms with Gasteiger partial charge < -0.3 is 10.8 Å². The van der Waals surface area contributed by atoms with Crippen LogP contribution < -0.4 is 5.73 Å². The van der Waals surface area contributed by atoms with Crippen LogP contribution in [0.15, 0.2) is 24.3 Å². The highest BCUT2D eigenvalue weighted by Gasteiger charge is 2.28. The lowest BCUT2D eigenvalue weighted by Gasteiger charge is -2.16. The molecule has 1 rings (SSSR count). The summed E-state index contributed by atoms with van der Waals surface area (Å²) in [6, 6.07) is 4.59. The molecule has 0 aliphatic carbocycles. The van der Waals surface area contributed by atoms with Crippen molar-refractivity contribution in [1.82, 2.24) is 0 Å². The van der Waals surface area contributed by atoms with E-state index in [1.54, 1.807) is 6.07 Å². The monoisotopic (exact) mass is 247 g/mol. The summed E-state index contributed by atoms with van der Waals surface area (Å²) in [4.78, 5) is 10.5. The molecule has 0 bridgehead atoms. The third-order valence-corrected chi connectivity index (χ3v) is 2.44. The molecule has 1 aromatic carbocycles. The molecule has 0 heterocycles. The number of benzene rings is 1. The van der Waals surface area contributed by atoms with Crippen molar-refractivity contribution in [3.05, 3.63) is 35.4 Å². The molecule has 6 heteroatoms. The Morgan fingerprint density at radius 2 is 2.06 bits per heavy atom. The van der Waals surface area contributed by atoms with Crippen molar-refractivity contribution < 1.29 is 18.7 Å². The van der Waals surface area contributed by atoms with Crippen LogP contribution in [0.25, 0.3) is 0 Å². The Labute approximate surface area is 93.8 Å². The van der Waals surface area contributed by atoms with Crippen LogP contribution in [0.2, 0.25) is 0 Å². The molecular formula is C10H12F2NO2P. The minimum absolute atomic E-state index is 0.116. The Bertz CT molecular complexity index is 393. The molecule has 3 N–H and O–H groups in total. The average Bonchev–Trinajstić information content (AvgIpc) is 2.16. The molecule has 0 amide bonds. The van der Waals surface area contributed by atoms with Crippen molar-refractivity contribution in [2.75, 3.05) is 0 Å². The summed E-state index contributed by atoms with van der Waals surface area (Å²) in [5.74, 6) is -1.21. The first-order valence-electron chi connectivity index (χ1n) is 4.56. The van der Waals surface area contributed by atoms with Gasteiger partial charge in [0, 0.05) is 5.56 Å². The molecule has 88 valence electrons. The van der Waals surface area contributed by atoms with Crippen molar-refractivity contribution in [2.45, 2.75) is 18.1 Å². The summed E-state index contributed by atoms with van der Waals surface area (Å²) in [5, 5.41) is 8.62. The second-order valence-corrected chi connectivity index (χ2v) is 4.15. The van der Waals surface area contributed by atoms with E-state index in [2.05, 4.69) is 0 Å². The van der Waals surface area contributed by atoms with Crippen LogP contribution >= 0.6 is 9.24 Å². The first-order valence-corrected chi connectivity index (χ1v) is 5.13. The molecule has 0 spiro atoms. The molecule has 0 aliphatic heterocycles. The van der Waals surface area contributed by atoms with Crippen LogP contribution in [0.5, 0.6) is 0 Å². The molecule has 1 aromatic rings. The van der Waals surface area contributed by atoms with Crippen LogP contribution in [0, 0.1) is 0 Å². The number of carbonyl (C=O) groups is 1. The Hall–Kier alpha value is -1.06. The standard InChI is InChI=1S/C10H12F2NO2P/c11-10(12,16)7-4-2-1-3-6(7)5-8(13)9(14)15/h1-4,8H,5,13,16H2,(H,14,15)/t8-/m0/s1. The second-order valence-electron chi connectivity index (χ2n) is 3.43. The van der Waals surface area contributed by atoms with Crippen molar-refractivity contribution in [3.63, 3.8) is 0 Å². The molecule has 16 heavy (non-hydrogen) atoms. The van der Waals surface area contributed by atoms with Crippen LogP contribution in [-0.4, -0.2) is 17.1 Å². The van der Waals surface area contributed by atoms with E-state index in [0.29, 0.717) is 0 Å². The highest BCUT2D eigenvalue weighted by atomic mass is 31.0. The van der Waals surface area contributed by atoms with E-state index in [1.807, 2.05) is 0 Å². The molecule has 0 aliphatic rings. The third kappa shape index (κ3) is 3.22. The van der Waals surface area contributed by atoms with Crippen LogP contribution in [0.3, 0.4) is 0 Å². The van der Waals surface area contributed by atoms with Gasteiger partial charge in [-0.15, -0.1) is 0 Å². The quantitative estimate of drug-likeness (QED) is 0.794. The Balaban J connectivity index is 3.01. The van der Waals surface area contributed by atoms with Gasteiger partial charge in [-0.3, -0.25) is 4.79 Å². The Morgan fingerprint density at radius 3 is 2.56 bits per heavy atom. The van der Waals surface area contributed by atoms with E-state index in [0.717, 1.165) is 0 Å². The summed E-state index contributed by atoms with van der Waals surface area (Å²) in [5.41, 5.74) is 2.27. The number of rotatable bonds is 4. The fraction of sp³-hybridized carbons (Fsp3) is 0.300. The maximum atomic E-state index is 13.1. The van der Waals surface area contributed by atoms with Crippen LogP contribution in [0.4, 0.5) is 8.78 Å². The van der Waals surface area contributed by atoms with Gasteiger partial charge >= 0.3 is 5.97 Å². The largest absolute Gasteiger partial charge is 0.480 e. The predicted molar refractivity (Wildman–Crippen MR) is 59.4 cm³/mol. The topological polar surface area (TPSA) is 63.3 Å². The van der Waals surface area contributed by atoms with Gasteiger partial charge in [-0.05, 0) is 12.0 Å². The van der Waals surface area contributed by atoms with Gasteiger partial charge in [-0.25, -0.2) is 0 Å². The van der Waals surface area contributed by atoms with E-state index in [1.165, 1.54) is 27.4 Å². The van der Waals surface area contributed by atoms with Crippen molar-refractivity contribution in [3.8, 4) is 0 Å². The highest BCUT2D eigenvalue weighted by molar-refractivity contribution is 7.17. The molecule has 2 atom stereocenters. The minimum Gasteiger partial charge on any atom is -0.480 e. The fourth-order valence-corrected chi connectivity index (χ4v) is 1.63. The zero-order valence-electron chi connectivity index (χ0n) is 8.36. The number of nitrogens with two attached hydrogens (primary N) is 1. The van der Waals surface area contributed by atoms with Gasteiger partial charge in [-0.1, -0.05) is 33.5 Å². The smallest absolute Gasteiger partial charge is 0.320 e. The lowest BCUT2D eigenvalue weighted by molar-refractivity contribution is -0.138. The van der Waals surface area contributed by atoms with Gasteiger partial charge in [-0.2, -0.15) is 8.78 Å². The minimum atomic E-state index is -3.07. The first-order chi connectivity index (χ1) is 7.32. The lowest BCUT2D eigenvalue weighted by Crippen LogP contribution is -2.32. The molecular weight excluding hydrogens is 235 g/mol. The number of halogens is 2. The molecule has 1 unspecified atom stereocenters. The number of hydrogen-bond donors (Lipinski definition) is 2. The Morgan fingerprint density at radius 1 is 1.50 bits per heavy atom. The highest BCUT2D eigenvalue weighted by Crippen LogP contribution is 2.36. The molecule has 0 saturated heterocycles. The second kappa shape index (κ2) is 4.85.